The molecular formula is C21H21N5O3. The van der Waals surface area contributed by atoms with Crippen LogP contribution in [0.2, 0.25) is 0 Å². The van der Waals surface area contributed by atoms with E-state index in [1.807, 2.05) is 29.2 Å². The van der Waals surface area contributed by atoms with Gasteiger partial charge in [0, 0.05) is 24.0 Å². The van der Waals surface area contributed by atoms with E-state index in [9.17, 15) is 4.79 Å². The summed E-state index contributed by atoms with van der Waals surface area (Å²) in [6.07, 6.45) is 5.55. The Morgan fingerprint density at radius 2 is 1.90 bits per heavy atom. The molecule has 0 spiro atoms. The lowest BCUT2D eigenvalue weighted by Gasteiger charge is -2.24. The number of amides is 1. The van der Waals surface area contributed by atoms with Gasteiger partial charge in [-0.3, -0.25) is 4.79 Å². The van der Waals surface area contributed by atoms with E-state index < -0.39 is 0 Å². The summed E-state index contributed by atoms with van der Waals surface area (Å²) in [6.45, 7) is 7.28. The maximum Gasteiger partial charge on any atom is 0.276 e. The highest BCUT2D eigenvalue weighted by Gasteiger charge is 2.34. The molecule has 1 amide bonds. The van der Waals surface area contributed by atoms with Crippen molar-refractivity contribution in [2.75, 3.05) is 0 Å². The summed E-state index contributed by atoms with van der Waals surface area (Å²) in [5, 5.41) is 8.77. The van der Waals surface area contributed by atoms with E-state index in [1.165, 1.54) is 0 Å². The molecule has 0 bridgehead atoms. The molecule has 0 atom stereocenters. The van der Waals surface area contributed by atoms with Crippen LogP contribution in [0, 0.1) is 0 Å². The van der Waals surface area contributed by atoms with E-state index in [0.29, 0.717) is 24.6 Å². The molecule has 0 radical (unpaired) electrons. The van der Waals surface area contributed by atoms with Crippen LogP contribution in [0.25, 0.3) is 17.3 Å². The number of fused-ring (bicyclic) bond motifs is 1. The lowest BCUT2D eigenvalue weighted by atomic mass is 10.1. The van der Waals surface area contributed by atoms with Gasteiger partial charge in [-0.2, -0.15) is 5.10 Å². The number of rotatable bonds is 3. The summed E-state index contributed by atoms with van der Waals surface area (Å²) in [5.41, 5.74) is 2.04. The minimum Gasteiger partial charge on any atom is -0.461 e. The largest absolute Gasteiger partial charge is 0.461 e. The van der Waals surface area contributed by atoms with Gasteiger partial charge in [0.15, 0.2) is 11.5 Å². The highest BCUT2D eigenvalue weighted by Crippen LogP contribution is 2.33. The van der Waals surface area contributed by atoms with Crippen molar-refractivity contribution >= 4 is 5.91 Å². The fourth-order valence-electron chi connectivity index (χ4n) is 3.63. The second-order valence-corrected chi connectivity index (χ2v) is 8.14. The molecule has 4 aromatic heterocycles. The van der Waals surface area contributed by atoms with E-state index in [4.69, 9.17) is 14.0 Å². The zero-order valence-electron chi connectivity index (χ0n) is 16.5. The molecule has 8 heteroatoms. The number of nitrogens with zero attached hydrogens (tertiary/aromatic N) is 5. The van der Waals surface area contributed by atoms with Crippen LogP contribution in [0.4, 0.5) is 0 Å². The van der Waals surface area contributed by atoms with Gasteiger partial charge in [0.2, 0.25) is 5.76 Å². The first-order chi connectivity index (χ1) is 13.9. The van der Waals surface area contributed by atoms with Crippen molar-refractivity contribution in [3.63, 3.8) is 0 Å². The first kappa shape index (κ1) is 17.5. The molecule has 0 fully saturated rings. The Bertz CT molecular complexity index is 1160. The maximum absolute atomic E-state index is 13.0. The molecule has 5 heterocycles. The average Bonchev–Trinajstić information content (AvgIpc) is 3.49. The highest BCUT2D eigenvalue weighted by molar-refractivity contribution is 5.93. The quantitative estimate of drug-likeness (QED) is 0.530. The summed E-state index contributed by atoms with van der Waals surface area (Å²) in [5.74, 6) is 1.77. The molecule has 1 aliphatic heterocycles. The number of hydrogen-bond acceptors (Lipinski definition) is 5. The van der Waals surface area contributed by atoms with Crippen molar-refractivity contribution in [3.05, 3.63) is 65.9 Å². The summed E-state index contributed by atoms with van der Waals surface area (Å²) >= 11 is 0. The van der Waals surface area contributed by atoms with Crippen molar-refractivity contribution in [1.29, 1.82) is 0 Å². The lowest BCUT2D eigenvalue weighted by Crippen LogP contribution is -2.29. The van der Waals surface area contributed by atoms with Crippen molar-refractivity contribution in [2.24, 2.45) is 0 Å². The van der Waals surface area contributed by atoms with Gasteiger partial charge in [-0.1, -0.05) is 5.16 Å². The number of furan rings is 1. The molecule has 0 saturated carbocycles. The van der Waals surface area contributed by atoms with E-state index in [2.05, 4.69) is 30.5 Å². The molecule has 148 valence electrons. The Morgan fingerprint density at radius 1 is 1.10 bits per heavy atom. The fourth-order valence-corrected chi connectivity index (χ4v) is 3.63. The third kappa shape index (κ3) is 2.88. The first-order valence-corrected chi connectivity index (χ1v) is 9.46. The van der Waals surface area contributed by atoms with Crippen LogP contribution in [-0.2, 0) is 18.6 Å². The van der Waals surface area contributed by atoms with E-state index >= 15 is 0 Å². The zero-order valence-corrected chi connectivity index (χ0v) is 16.5. The van der Waals surface area contributed by atoms with E-state index in [1.54, 1.807) is 29.4 Å². The van der Waals surface area contributed by atoms with Crippen molar-refractivity contribution in [2.45, 2.75) is 39.4 Å². The lowest BCUT2D eigenvalue weighted by molar-refractivity contribution is 0.0738. The molecular weight excluding hydrogens is 370 g/mol. The van der Waals surface area contributed by atoms with Gasteiger partial charge in [-0.05, 0) is 45.0 Å². The van der Waals surface area contributed by atoms with Crippen molar-refractivity contribution in [1.82, 2.24) is 24.4 Å². The van der Waals surface area contributed by atoms with E-state index in [-0.39, 0.29) is 17.1 Å². The van der Waals surface area contributed by atoms with Crippen molar-refractivity contribution in [3.8, 4) is 17.3 Å². The van der Waals surface area contributed by atoms with Gasteiger partial charge in [-0.25, -0.2) is 4.68 Å². The SMILES string of the molecule is CC(C)(C)n1nc2c(c1-n1cccc1)CN(C(=O)c1cc(-c3ccco3)on1)C2. The molecule has 1 aliphatic rings. The second-order valence-electron chi connectivity index (χ2n) is 8.14. The Hall–Kier alpha value is -3.55. The normalized spacial score (nSPS) is 13.8. The van der Waals surface area contributed by atoms with Crippen LogP contribution < -0.4 is 0 Å². The second kappa shape index (κ2) is 6.23. The van der Waals surface area contributed by atoms with Crippen LogP contribution in [-0.4, -0.2) is 30.3 Å². The van der Waals surface area contributed by atoms with Gasteiger partial charge < -0.3 is 18.4 Å². The van der Waals surface area contributed by atoms with Crippen LogP contribution in [0.5, 0.6) is 0 Å². The minimum atomic E-state index is -0.190. The summed E-state index contributed by atoms with van der Waals surface area (Å²) in [6, 6.07) is 9.10. The fraction of sp³-hybridized carbons (Fsp3) is 0.286. The summed E-state index contributed by atoms with van der Waals surface area (Å²) in [7, 11) is 0. The van der Waals surface area contributed by atoms with Gasteiger partial charge >= 0.3 is 0 Å². The van der Waals surface area contributed by atoms with Crippen LogP contribution in [0.3, 0.4) is 0 Å². The summed E-state index contributed by atoms with van der Waals surface area (Å²) in [4.78, 5) is 14.7. The molecule has 0 saturated heterocycles. The summed E-state index contributed by atoms with van der Waals surface area (Å²) < 4.78 is 14.7. The number of aromatic nitrogens is 4. The molecule has 4 aromatic rings. The van der Waals surface area contributed by atoms with Crippen LogP contribution in [0.15, 0.2) is 57.9 Å². The van der Waals surface area contributed by atoms with Gasteiger partial charge in [0.25, 0.3) is 5.91 Å². The van der Waals surface area contributed by atoms with Gasteiger partial charge in [0.1, 0.15) is 5.82 Å². The smallest absolute Gasteiger partial charge is 0.276 e. The van der Waals surface area contributed by atoms with Crippen LogP contribution >= 0.6 is 0 Å². The number of carbonyl (C=O) groups excluding carboxylic acids is 1. The van der Waals surface area contributed by atoms with Gasteiger partial charge in [0.05, 0.1) is 30.6 Å². The molecule has 0 unspecified atom stereocenters. The molecule has 0 N–H and O–H groups in total. The van der Waals surface area contributed by atoms with Gasteiger partial charge in [-0.15, -0.1) is 0 Å². The first-order valence-electron chi connectivity index (χ1n) is 9.46. The Morgan fingerprint density at radius 3 is 2.59 bits per heavy atom. The third-order valence-electron chi connectivity index (χ3n) is 4.99. The zero-order chi connectivity index (χ0) is 20.2. The average molecular weight is 391 g/mol. The minimum absolute atomic E-state index is 0.178. The molecule has 8 nitrogen and oxygen atoms in total. The highest BCUT2D eigenvalue weighted by atomic mass is 16.5. The number of carbonyl (C=O) groups is 1. The predicted octanol–water partition coefficient (Wildman–Crippen LogP) is 3.83. The standard InChI is InChI=1S/C21H21N5O3/c1-21(2,3)26-19(24-8-4-5-9-24)14-12-25(13-16(14)22-26)20(27)15-11-18(29-23-15)17-7-6-10-28-17/h4-11H,12-13H2,1-3H3. The maximum atomic E-state index is 13.0. The Labute approximate surface area is 167 Å². The predicted molar refractivity (Wildman–Crippen MR) is 104 cm³/mol. The van der Waals surface area contributed by atoms with E-state index in [0.717, 1.165) is 17.1 Å². The molecule has 5 rings (SSSR count). The Balaban J connectivity index is 1.45. The Kier molecular flexibility index (Phi) is 3.77. The third-order valence-corrected chi connectivity index (χ3v) is 4.99. The molecule has 29 heavy (non-hydrogen) atoms. The monoisotopic (exact) mass is 391 g/mol. The van der Waals surface area contributed by atoms with Crippen molar-refractivity contribution < 1.29 is 13.7 Å². The molecule has 0 aliphatic carbocycles. The molecule has 0 aromatic carbocycles. The topological polar surface area (TPSA) is 82.2 Å². The van der Waals surface area contributed by atoms with Crippen LogP contribution in [0.1, 0.15) is 42.5 Å². The number of hydrogen-bond donors (Lipinski definition) is 0.